The van der Waals surface area contributed by atoms with Crippen molar-refractivity contribution in [2.45, 2.75) is 45.7 Å². The summed E-state index contributed by atoms with van der Waals surface area (Å²) < 4.78 is 0. The Labute approximate surface area is 93.0 Å². The van der Waals surface area contributed by atoms with Crippen LogP contribution in [0, 0.1) is 5.92 Å². The number of carbonyl (C=O) groups excluding carboxylic acids is 1. The number of nitrogens with two attached hydrogens (primary N) is 2. The van der Waals surface area contributed by atoms with Gasteiger partial charge in [-0.2, -0.15) is 0 Å². The Balaban J connectivity index is 3.82. The molecule has 0 spiro atoms. The molecule has 0 aliphatic heterocycles. The van der Waals surface area contributed by atoms with Crippen LogP contribution in [0.25, 0.3) is 0 Å². The number of amides is 1. The van der Waals surface area contributed by atoms with Gasteiger partial charge in [-0.15, -0.1) is 0 Å². The van der Waals surface area contributed by atoms with Gasteiger partial charge in [0.1, 0.15) is 0 Å². The first-order valence-corrected chi connectivity index (χ1v) is 5.59. The third kappa shape index (κ3) is 6.47. The predicted molar refractivity (Wildman–Crippen MR) is 63.3 cm³/mol. The molecule has 0 heterocycles. The lowest BCUT2D eigenvalue weighted by Crippen LogP contribution is -2.40. The third-order valence-electron chi connectivity index (χ3n) is 2.72. The maximum absolute atomic E-state index is 10.7. The van der Waals surface area contributed by atoms with Crippen molar-refractivity contribution in [3.8, 4) is 0 Å². The summed E-state index contributed by atoms with van der Waals surface area (Å²) in [6.45, 7) is 7.42. The fraction of sp³-hybridized carbons (Fsp3) is 0.909. The van der Waals surface area contributed by atoms with Gasteiger partial charge in [-0.25, -0.2) is 0 Å². The Morgan fingerprint density at radius 2 is 1.87 bits per heavy atom. The normalized spacial score (nSPS) is 15.7. The Hall–Kier alpha value is -0.610. The summed E-state index contributed by atoms with van der Waals surface area (Å²) in [6, 6.07) is 0.00350. The van der Waals surface area contributed by atoms with E-state index in [-0.39, 0.29) is 0 Å². The largest absolute Gasteiger partial charge is 0.368 e. The van der Waals surface area contributed by atoms with E-state index in [1.165, 1.54) is 0 Å². The average molecular weight is 215 g/mol. The molecule has 0 aliphatic rings. The highest BCUT2D eigenvalue weighted by molar-refractivity contribution is 5.79. The second-order valence-electron chi connectivity index (χ2n) is 4.76. The van der Waals surface area contributed by atoms with Crippen LogP contribution in [0.5, 0.6) is 0 Å². The van der Waals surface area contributed by atoms with Crippen molar-refractivity contribution in [1.29, 1.82) is 0 Å². The average Bonchev–Trinajstić information content (AvgIpc) is 2.12. The van der Waals surface area contributed by atoms with Gasteiger partial charge >= 0.3 is 0 Å². The molecule has 0 aliphatic carbocycles. The smallest absolute Gasteiger partial charge is 0.234 e. The Bertz CT molecular complexity index is 194. The maximum Gasteiger partial charge on any atom is 0.234 e. The maximum atomic E-state index is 10.7. The summed E-state index contributed by atoms with van der Waals surface area (Å²) in [7, 11) is 2.06. The van der Waals surface area contributed by atoms with Gasteiger partial charge in [-0.3, -0.25) is 4.79 Å². The second-order valence-corrected chi connectivity index (χ2v) is 4.76. The highest BCUT2D eigenvalue weighted by Crippen LogP contribution is 2.09. The van der Waals surface area contributed by atoms with Gasteiger partial charge < -0.3 is 16.4 Å². The van der Waals surface area contributed by atoms with Crippen molar-refractivity contribution in [3.63, 3.8) is 0 Å². The van der Waals surface area contributed by atoms with Crippen LogP contribution in [0.3, 0.4) is 0 Å². The van der Waals surface area contributed by atoms with Gasteiger partial charge in [-0.1, -0.05) is 13.8 Å². The van der Waals surface area contributed by atoms with E-state index in [9.17, 15) is 4.79 Å². The summed E-state index contributed by atoms with van der Waals surface area (Å²) in [5, 5.41) is 0. The van der Waals surface area contributed by atoms with Gasteiger partial charge in [0.15, 0.2) is 0 Å². The van der Waals surface area contributed by atoms with E-state index in [2.05, 4.69) is 32.7 Å². The van der Waals surface area contributed by atoms with Crippen molar-refractivity contribution in [3.05, 3.63) is 0 Å². The van der Waals surface area contributed by atoms with E-state index >= 15 is 0 Å². The fourth-order valence-electron chi connectivity index (χ4n) is 1.57. The van der Waals surface area contributed by atoms with Crippen molar-refractivity contribution in [2.75, 3.05) is 13.6 Å². The number of nitrogens with zero attached hydrogens (tertiary/aromatic N) is 1. The van der Waals surface area contributed by atoms with Gasteiger partial charge in [0, 0.05) is 12.6 Å². The molecule has 90 valence electrons. The van der Waals surface area contributed by atoms with Crippen LogP contribution in [0.4, 0.5) is 0 Å². The summed E-state index contributed by atoms with van der Waals surface area (Å²) in [5.41, 5.74) is 10.7. The highest BCUT2D eigenvalue weighted by atomic mass is 16.1. The summed E-state index contributed by atoms with van der Waals surface area (Å²) in [6.07, 6.45) is 1.79. The van der Waals surface area contributed by atoms with Crippen LogP contribution < -0.4 is 11.5 Å². The first kappa shape index (κ1) is 14.4. The van der Waals surface area contributed by atoms with Crippen molar-refractivity contribution in [2.24, 2.45) is 17.4 Å². The molecule has 2 unspecified atom stereocenters. The minimum atomic E-state index is -0.515. The van der Waals surface area contributed by atoms with Gasteiger partial charge in [-0.05, 0) is 32.7 Å². The highest BCUT2D eigenvalue weighted by Gasteiger charge is 2.14. The summed E-state index contributed by atoms with van der Waals surface area (Å²) in [4.78, 5) is 13.0. The van der Waals surface area contributed by atoms with E-state index in [1.807, 2.05) is 0 Å². The number of hydrogen-bond acceptors (Lipinski definition) is 3. The van der Waals surface area contributed by atoms with E-state index in [1.54, 1.807) is 0 Å². The number of rotatable bonds is 7. The zero-order valence-corrected chi connectivity index (χ0v) is 10.4. The summed E-state index contributed by atoms with van der Waals surface area (Å²) >= 11 is 0. The minimum absolute atomic E-state index is 0.417. The molecule has 0 rings (SSSR count). The van der Waals surface area contributed by atoms with Crippen LogP contribution in [0.15, 0.2) is 0 Å². The van der Waals surface area contributed by atoms with Gasteiger partial charge in [0.2, 0.25) is 5.91 Å². The molecule has 0 saturated heterocycles. The SMILES string of the molecule is CC(C)CC(C)N(C)CCC(N)C(N)=O. The molecule has 15 heavy (non-hydrogen) atoms. The standard InChI is InChI=1S/C11H25N3O/c1-8(2)7-9(3)14(4)6-5-10(12)11(13)15/h8-10H,5-7,12H2,1-4H3,(H2,13,15). The quantitative estimate of drug-likeness (QED) is 0.651. The topological polar surface area (TPSA) is 72.3 Å². The number of carbonyl (C=O) groups is 1. The van der Waals surface area contributed by atoms with Crippen LogP contribution in [-0.2, 0) is 4.79 Å². The molecule has 0 fully saturated rings. The van der Waals surface area contributed by atoms with E-state index in [0.717, 1.165) is 13.0 Å². The van der Waals surface area contributed by atoms with Gasteiger partial charge in [0.25, 0.3) is 0 Å². The molecule has 0 saturated carbocycles. The molecular formula is C11H25N3O. The first-order chi connectivity index (χ1) is 6.84. The van der Waals surface area contributed by atoms with Crippen LogP contribution in [0.2, 0.25) is 0 Å². The van der Waals surface area contributed by atoms with E-state index in [0.29, 0.717) is 18.4 Å². The lowest BCUT2D eigenvalue weighted by molar-refractivity contribution is -0.119. The Morgan fingerprint density at radius 3 is 2.27 bits per heavy atom. The molecule has 4 N–H and O–H groups in total. The molecule has 1 amide bonds. The van der Waals surface area contributed by atoms with Crippen LogP contribution in [0.1, 0.15) is 33.6 Å². The molecule has 0 radical (unpaired) electrons. The molecule has 0 aromatic carbocycles. The molecular weight excluding hydrogens is 190 g/mol. The summed E-state index contributed by atoms with van der Waals surface area (Å²) in [5.74, 6) is 0.271. The predicted octanol–water partition coefficient (Wildman–Crippen LogP) is 0.556. The van der Waals surface area contributed by atoms with E-state index < -0.39 is 11.9 Å². The van der Waals surface area contributed by atoms with Crippen LogP contribution >= 0.6 is 0 Å². The lowest BCUT2D eigenvalue weighted by Gasteiger charge is -2.26. The lowest BCUT2D eigenvalue weighted by atomic mass is 10.0. The monoisotopic (exact) mass is 215 g/mol. The molecule has 4 heteroatoms. The Kier molecular flexibility index (Phi) is 6.52. The number of primary amides is 1. The Morgan fingerprint density at radius 1 is 1.33 bits per heavy atom. The second kappa shape index (κ2) is 6.80. The molecule has 0 bridgehead atoms. The molecule has 0 aromatic rings. The third-order valence-corrected chi connectivity index (χ3v) is 2.72. The fourth-order valence-corrected chi connectivity index (χ4v) is 1.57. The van der Waals surface area contributed by atoms with Crippen molar-refractivity contribution in [1.82, 2.24) is 4.90 Å². The van der Waals surface area contributed by atoms with Crippen molar-refractivity contribution < 1.29 is 4.79 Å². The first-order valence-electron chi connectivity index (χ1n) is 5.59. The van der Waals surface area contributed by atoms with Gasteiger partial charge in [0.05, 0.1) is 6.04 Å². The molecule has 0 aromatic heterocycles. The van der Waals surface area contributed by atoms with E-state index in [4.69, 9.17) is 11.5 Å². The number of hydrogen-bond donors (Lipinski definition) is 2. The zero-order chi connectivity index (χ0) is 12.0. The van der Waals surface area contributed by atoms with Crippen LogP contribution in [-0.4, -0.2) is 36.5 Å². The zero-order valence-electron chi connectivity index (χ0n) is 10.4. The molecule has 2 atom stereocenters. The van der Waals surface area contributed by atoms with Crippen molar-refractivity contribution >= 4 is 5.91 Å². The minimum Gasteiger partial charge on any atom is -0.368 e. The molecule has 4 nitrogen and oxygen atoms in total.